The van der Waals surface area contributed by atoms with Gasteiger partial charge in [0.15, 0.2) is 0 Å². The predicted octanol–water partition coefficient (Wildman–Crippen LogP) is 0.909. The first-order chi connectivity index (χ1) is 9.72. The molecule has 1 aromatic carbocycles. The Bertz CT molecular complexity index is 458. The Balaban J connectivity index is 1.46. The van der Waals surface area contributed by atoms with E-state index in [1.54, 1.807) is 0 Å². The lowest BCUT2D eigenvalue weighted by Crippen LogP contribution is -2.47. The Morgan fingerprint density at radius 3 is 2.75 bits per heavy atom. The molecular formula is C16H23N3O. The van der Waals surface area contributed by atoms with Crippen LogP contribution in [0, 0.1) is 0 Å². The molecule has 0 spiro atoms. The highest BCUT2D eigenvalue weighted by atomic mass is 16.2. The van der Waals surface area contributed by atoms with Gasteiger partial charge in [0, 0.05) is 25.2 Å². The summed E-state index contributed by atoms with van der Waals surface area (Å²) in [7, 11) is 0. The van der Waals surface area contributed by atoms with Gasteiger partial charge in [0.25, 0.3) is 0 Å². The molecule has 4 nitrogen and oxygen atoms in total. The van der Waals surface area contributed by atoms with Crippen LogP contribution < -0.4 is 11.1 Å². The van der Waals surface area contributed by atoms with Crippen LogP contribution in [0.3, 0.4) is 0 Å². The number of hydrogen-bond donors (Lipinski definition) is 2. The SMILES string of the molecule is N[C@H](Cc1ccccc1)C(=O)NC1CCN(C2CC2)C1. The van der Waals surface area contributed by atoms with Gasteiger partial charge < -0.3 is 11.1 Å². The van der Waals surface area contributed by atoms with Crippen LogP contribution in [0.15, 0.2) is 30.3 Å². The van der Waals surface area contributed by atoms with Crippen molar-refractivity contribution in [2.45, 2.75) is 43.8 Å². The summed E-state index contributed by atoms with van der Waals surface area (Å²) >= 11 is 0. The van der Waals surface area contributed by atoms with E-state index in [1.165, 1.54) is 12.8 Å². The van der Waals surface area contributed by atoms with Gasteiger partial charge in [0.2, 0.25) is 5.91 Å². The zero-order valence-electron chi connectivity index (χ0n) is 11.8. The lowest BCUT2D eigenvalue weighted by Gasteiger charge is -2.18. The third kappa shape index (κ3) is 3.38. The molecule has 0 aromatic heterocycles. The molecule has 1 heterocycles. The van der Waals surface area contributed by atoms with Crippen molar-refractivity contribution in [2.75, 3.05) is 13.1 Å². The van der Waals surface area contributed by atoms with Gasteiger partial charge in [0.05, 0.1) is 6.04 Å². The molecule has 1 aliphatic carbocycles. The number of nitrogens with two attached hydrogens (primary N) is 1. The standard InChI is InChI=1S/C16H23N3O/c17-15(10-12-4-2-1-3-5-12)16(20)18-13-8-9-19(11-13)14-6-7-14/h1-5,13-15H,6-11,17H2,(H,18,20)/t13?,15-/m1/s1. The molecule has 1 amide bonds. The van der Waals surface area contributed by atoms with Crippen LogP contribution in [0.25, 0.3) is 0 Å². The van der Waals surface area contributed by atoms with Crippen LogP contribution in [0.4, 0.5) is 0 Å². The molecule has 1 aromatic rings. The fourth-order valence-electron chi connectivity index (χ4n) is 2.95. The first-order valence-electron chi connectivity index (χ1n) is 7.56. The summed E-state index contributed by atoms with van der Waals surface area (Å²) in [6.45, 7) is 2.11. The van der Waals surface area contributed by atoms with Crippen molar-refractivity contribution in [3.63, 3.8) is 0 Å². The van der Waals surface area contributed by atoms with Gasteiger partial charge in [-0.15, -0.1) is 0 Å². The Morgan fingerprint density at radius 1 is 1.30 bits per heavy atom. The van der Waals surface area contributed by atoms with Crippen molar-refractivity contribution >= 4 is 5.91 Å². The molecule has 2 fully saturated rings. The molecule has 3 rings (SSSR count). The van der Waals surface area contributed by atoms with E-state index in [1.807, 2.05) is 30.3 Å². The average molecular weight is 273 g/mol. The summed E-state index contributed by atoms with van der Waals surface area (Å²) in [5.41, 5.74) is 7.12. The quantitative estimate of drug-likeness (QED) is 0.838. The highest BCUT2D eigenvalue weighted by Crippen LogP contribution is 2.29. The van der Waals surface area contributed by atoms with Crippen LogP contribution in [0.2, 0.25) is 0 Å². The molecule has 20 heavy (non-hydrogen) atoms. The number of likely N-dealkylation sites (tertiary alicyclic amines) is 1. The summed E-state index contributed by atoms with van der Waals surface area (Å²) in [6.07, 6.45) is 4.31. The molecule has 108 valence electrons. The molecule has 4 heteroatoms. The second kappa shape index (κ2) is 5.94. The maximum Gasteiger partial charge on any atom is 0.237 e. The minimum atomic E-state index is -0.452. The first kappa shape index (κ1) is 13.6. The number of amides is 1. The molecule has 1 saturated heterocycles. The fraction of sp³-hybridized carbons (Fsp3) is 0.562. The maximum atomic E-state index is 12.1. The highest BCUT2D eigenvalue weighted by molar-refractivity contribution is 5.82. The monoisotopic (exact) mass is 273 g/mol. The zero-order chi connectivity index (χ0) is 13.9. The second-order valence-electron chi connectivity index (χ2n) is 6.02. The summed E-state index contributed by atoms with van der Waals surface area (Å²) in [4.78, 5) is 14.6. The summed E-state index contributed by atoms with van der Waals surface area (Å²) in [5.74, 6) is -0.0171. The number of nitrogens with zero attached hydrogens (tertiary/aromatic N) is 1. The van der Waals surface area contributed by atoms with E-state index < -0.39 is 6.04 Å². The van der Waals surface area contributed by atoms with E-state index in [9.17, 15) is 4.79 Å². The number of hydrogen-bond acceptors (Lipinski definition) is 3. The Kier molecular flexibility index (Phi) is 4.03. The normalized spacial score (nSPS) is 24.6. The van der Waals surface area contributed by atoms with Crippen molar-refractivity contribution in [1.29, 1.82) is 0 Å². The number of carbonyl (C=O) groups excluding carboxylic acids is 1. The second-order valence-corrected chi connectivity index (χ2v) is 6.02. The number of rotatable bonds is 5. The van der Waals surface area contributed by atoms with Gasteiger partial charge in [-0.1, -0.05) is 30.3 Å². The third-order valence-corrected chi connectivity index (χ3v) is 4.26. The summed E-state index contributed by atoms with van der Waals surface area (Å²) in [5, 5.41) is 3.11. The molecule has 1 unspecified atom stereocenters. The lowest BCUT2D eigenvalue weighted by molar-refractivity contribution is -0.123. The van der Waals surface area contributed by atoms with Crippen molar-refractivity contribution in [3.05, 3.63) is 35.9 Å². The molecule has 1 saturated carbocycles. The van der Waals surface area contributed by atoms with Crippen molar-refractivity contribution in [2.24, 2.45) is 5.73 Å². The van der Waals surface area contributed by atoms with Gasteiger partial charge >= 0.3 is 0 Å². The minimum Gasteiger partial charge on any atom is -0.351 e. The molecule has 0 radical (unpaired) electrons. The van der Waals surface area contributed by atoms with E-state index in [-0.39, 0.29) is 11.9 Å². The van der Waals surface area contributed by atoms with Crippen molar-refractivity contribution < 1.29 is 4.79 Å². The van der Waals surface area contributed by atoms with Gasteiger partial charge in [-0.05, 0) is 31.2 Å². The summed E-state index contributed by atoms with van der Waals surface area (Å²) < 4.78 is 0. The van der Waals surface area contributed by atoms with E-state index in [0.29, 0.717) is 6.42 Å². The minimum absolute atomic E-state index is 0.0171. The smallest absolute Gasteiger partial charge is 0.237 e. The molecule has 2 atom stereocenters. The fourth-order valence-corrected chi connectivity index (χ4v) is 2.95. The van der Waals surface area contributed by atoms with Gasteiger partial charge in [-0.2, -0.15) is 0 Å². The average Bonchev–Trinajstić information content (AvgIpc) is 3.20. The molecule has 3 N–H and O–H groups in total. The Hall–Kier alpha value is -1.39. The van der Waals surface area contributed by atoms with Crippen LogP contribution >= 0.6 is 0 Å². The van der Waals surface area contributed by atoms with E-state index in [0.717, 1.165) is 31.1 Å². The topological polar surface area (TPSA) is 58.4 Å². The third-order valence-electron chi connectivity index (χ3n) is 4.26. The van der Waals surface area contributed by atoms with Gasteiger partial charge in [-0.3, -0.25) is 9.69 Å². The van der Waals surface area contributed by atoms with Crippen LogP contribution in [0.5, 0.6) is 0 Å². The van der Waals surface area contributed by atoms with E-state index in [4.69, 9.17) is 5.73 Å². The highest BCUT2D eigenvalue weighted by Gasteiger charge is 2.35. The molecule has 2 aliphatic rings. The van der Waals surface area contributed by atoms with Crippen molar-refractivity contribution in [3.8, 4) is 0 Å². The van der Waals surface area contributed by atoms with E-state index in [2.05, 4.69) is 10.2 Å². The Morgan fingerprint density at radius 2 is 2.05 bits per heavy atom. The van der Waals surface area contributed by atoms with Crippen LogP contribution in [-0.2, 0) is 11.2 Å². The molecule has 0 bridgehead atoms. The summed E-state index contributed by atoms with van der Waals surface area (Å²) in [6, 6.07) is 10.6. The van der Waals surface area contributed by atoms with Crippen LogP contribution in [0.1, 0.15) is 24.8 Å². The van der Waals surface area contributed by atoms with Crippen molar-refractivity contribution in [1.82, 2.24) is 10.2 Å². The largest absolute Gasteiger partial charge is 0.351 e. The first-order valence-corrected chi connectivity index (χ1v) is 7.56. The van der Waals surface area contributed by atoms with E-state index >= 15 is 0 Å². The van der Waals surface area contributed by atoms with Crippen LogP contribution in [-0.4, -0.2) is 42.0 Å². The lowest BCUT2D eigenvalue weighted by atomic mass is 10.1. The number of benzene rings is 1. The predicted molar refractivity (Wildman–Crippen MR) is 79.3 cm³/mol. The maximum absolute atomic E-state index is 12.1. The molecule has 1 aliphatic heterocycles. The Labute approximate surface area is 120 Å². The zero-order valence-corrected chi connectivity index (χ0v) is 11.8. The number of carbonyl (C=O) groups is 1. The van der Waals surface area contributed by atoms with Gasteiger partial charge in [-0.25, -0.2) is 0 Å². The molecular weight excluding hydrogens is 250 g/mol. The number of nitrogens with one attached hydrogen (secondary N) is 1. The van der Waals surface area contributed by atoms with Gasteiger partial charge in [0.1, 0.15) is 0 Å².